The predicted molar refractivity (Wildman–Crippen MR) is 98.2 cm³/mol. The van der Waals surface area contributed by atoms with Crippen molar-refractivity contribution in [2.24, 2.45) is 5.92 Å². The molecule has 1 aromatic carbocycles. The van der Waals surface area contributed by atoms with Crippen molar-refractivity contribution in [1.82, 2.24) is 9.80 Å². The molecule has 2 heterocycles. The van der Waals surface area contributed by atoms with Gasteiger partial charge in [-0.2, -0.15) is 8.78 Å². The van der Waals surface area contributed by atoms with Gasteiger partial charge in [-0.25, -0.2) is 0 Å². The van der Waals surface area contributed by atoms with Gasteiger partial charge in [-0.05, 0) is 50.8 Å². The Morgan fingerprint density at radius 2 is 2.07 bits per heavy atom. The Balaban J connectivity index is 1.67. The van der Waals surface area contributed by atoms with Crippen molar-refractivity contribution < 1.29 is 28.2 Å². The lowest BCUT2D eigenvalue weighted by Gasteiger charge is -2.40. The summed E-state index contributed by atoms with van der Waals surface area (Å²) in [6.45, 7) is 2.74. The maximum atomic E-state index is 12.9. The van der Waals surface area contributed by atoms with Crippen molar-refractivity contribution in [3.63, 3.8) is 0 Å². The molecule has 4 rings (SSSR count). The summed E-state index contributed by atoms with van der Waals surface area (Å²) in [4.78, 5) is 16.6. The topological polar surface area (TPSA) is 62.2 Å². The van der Waals surface area contributed by atoms with Gasteiger partial charge in [0.1, 0.15) is 11.5 Å². The van der Waals surface area contributed by atoms with Gasteiger partial charge < -0.3 is 19.5 Å². The summed E-state index contributed by atoms with van der Waals surface area (Å²) in [5, 5.41) is 10.9. The maximum Gasteiger partial charge on any atom is 0.387 e. The van der Waals surface area contributed by atoms with E-state index in [9.17, 15) is 18.7 Å². The van der Waals surface area contributed by atoms with Gasteiger partial charge in [0.05, 0.1) is 12.2 Å². The minimum atomic E-state index is -2.97. The lowest BCUT2D eigenvalue weighted by atomic mass is 9.95. The minimum absolute atomic E-state index is 0.0535. The van der Waals surface area contributed by atoms with Crippen LogP contribution in [0, 0.1) is 5.92 Å². The number of rotatable bonds is 5. The fourth-order valence-corrected chi connectivity index (χ4v) is 3.75. The Bertz CT molecular complexity index is 820. The highest BCUT2D eigenvalue weighted by Gasteiger charge is 2.41. The molecule has 1 aromatic rings. The first-order valence-electron chi connectivity index (χ1n) is 9.49. The minimum Gasteiger partial charge on any atom is -0.506 e. The third-order valence-corrected chi connectivity index (χ3v) is 5.37. The highest BCUT2D eigenvalue weighted by molar-refractivity contribution is 5.91. The van der Waals surface area contributed by atoms with E-state index < -0.39 is 12.2 Å². The lowest BCUT2D eigenvalue weighted by molar-refractivity contribution is -0.132. The molecule has 0 bridgehead atoms. The van der Waals surface area contributed by atoms with E-state index in [2.05, 4.69) is 9.64 Å². The molecule has 1 N–H and O–H groups in total. The van der Waals surface area contributed by atoms with Crippen LogP contribution in [0.1, 0.15) is 32.3 Å². The molecule has 2 fully saturated rings. The van der Waals surface area contributed by atoms with Crippen LogP contribution in [0.3, 0.4) is 0 Å². The van der Waals surface area contributed by atoms with E-state index in [4.69, 9.17) is 4.74 Å². The van der Waals surface area contributed by atoms with E-state index in [1.807, 2.05) is 0 Å². The number of aliphatic hydroxyl groups excluding tert-OH is 1. The summed E-state index contributed by atoms with van der Waals surface area (Å²) >= 11 is 0. The Kier molecular flexibility index (Phi) is 4.69. The molecule has 0 atom stereocenters. The summed E-state index contributed by atoms with van der Waals surface area (Å²) in [6, 6.07) is 4.29. The molecule has 1 saturated heterocycles. The molecule has 152 valence electrons. The molecule has 0 radical (unpaired) electrons. The first kappa shape index (κ1) is 19.0. The number of aliphatic hydroxyl groups is 1. The van der Waals surface area contributed by atoms with E-state index >= 15 is 0 Å². The number of hydrogen-bond acceptors (Lipinski definition) is 5. The fraction of sp³-hybridized carbons (Fsp3) is 0.550. The smallest absolute Gasteiger partial charge is 0.387 e. The summed E-state index contributed by atoms with van der Waals surface area (Å²) in [7, 11) is 0. The zero-order valence-electron chi connectivity index (χ0n) is 16.0. The van der Waals surface area contributed by atoms with Gasteiger partial charge in [-0.15, -0.1) is 0 Å². The number of nitrogens with zero attached hydrogens (tertiary/aromatic N) is 2. The van der Waals surface area contributed by atoms with Crippen LogP contribution in [0.5, 0.6) is 11.5 Å². The Labute approximate surface area is 162 Å². The SMILES string of the molecule is CC1(C)Oc2ccc(OC(F)F)cc2C(N2CCN(CC3CC3)CC2=O)=C1O. The van der Waals surface area contributed by atoms with Gasteiger partial charge in [-0.1, -0.05) is 0 Å². The highest BCUT2D eigenvalue weighted by atomic mass is 19.3. The van der Waals surface area contributed by atoms with Crippen molar-refractivity contribution in [2.75, 3.05) is 26.2 Å². The number of carbonyl (C=O) groups excluding carboxylic acids is 1. The number of benzene rings is 1. The van der Waals surface area contributed by atoms with Crippen molar-refractivity contribution in [1.29, 1.82) is 0 Å². The summed E-state index contributed by atoms with van der Waals surface area (Å²) in [5.41, 5.74) is -0.361. The van der Waals surface area contributed by atoms with Gasteiger partial charge in [-0.3, -0.25) is 9.69 Å². The van der Waals surface area contributed by atoms with E-state index in [-0.39, 0.29) is 24.0 Å². The normalized spacial score (nSPS) is 22.3. The molecular formula is C20H24F2N2O4. The number of alkyl halides is 2. The van der Waals surface area contributed by atoms with Gasteiger partial charge in [0.25, 0.3) is 0 Å². The summed E-state index contributed by atoms with van der Waals surface area (Å²) in [6.07, 6.45) is 2.43. The number of amides is 1. The van der Waals surface area contributed by atoms with Crippen LogP contribution in [-0.2, 0) is 4.79 Å². The molecule has 0 aromatic heterocycles. The number of fused-ring (bicyclic) bond motifs is 1. The van der Waals surface area contributed by atoms with Crippen LogP contribution in [0.25, 0.3) is 5.70 Å². The largest absolute Gasteiger partial charge is 0.506 e. The van der Waals surface area contributed by atoms with Crippen LogP contribution >= 0.6 is 0 Å². The number of carbonyl (C=O) groups is 1. The second-order valence-electron chi connectivity index (χ2n) is 8.07. The van der Waals surface area contributed by atoms with E-state index in [0.717, 1.165) is 6.54 Å². The second kappa shape index (κ2) is 6.92. The van der Waals surface area contributed by atoms with Crippen molar-refractivity contribution in [3.8, 4) is 11.5 Å². The molecule has 6 nitrogen and oxygen atoms in total. The van der Waals surface area contributed by atoms with Gasteiger partial charge in [0, 0.05) is 25.2 Å². The number of ether oxygens (including phenoxy) is 2. The summed E-state index contributed by atoms with van der Waals surface area (Å²) < 4.78 is 35.6. The Morgan fingerprint density at radius 3 is 2.71 bits per heavy atom. The maximum absolute atomic E-state index is 12.9. The monoisotopic (exact) mass is 394 g/mol. The zero-order valence-corrected chi connectivity index (χ0v) is 16.0. The molecule has 1 aliphatic carbocycles. The molecule has 2 aliphatic heterocycles. The average molecular weight is 394 g/mol. The number of halogens is 2. The number of piperazine rings is 1. The molecule has 0 unspecified atom stereocenters. The number of hydrogen-bond donors (Lipinski definition) is 1. The van der Waals surface area contributed by atoms with Crippen LogP contribution in [0.4, 0.5) is 8.78 Å². The molecule has 0 spiro atoms. The van der Waals surface area contributed by atoms with Crippen LogP contribution in [0.15, 0.2) is 24.0 Å². The fourth-order valence-electron chi connectivity index (χ4n) is 3.75. The molecule has 28 heavy (non-hydrogen) atoms. The molecule has 1 amide bonds. The zero-order chi connectivity index (χ0) is 20.1. The second-order valence-corrected chi connectivity index (χ2v) is 8.07. The molecule has 8 heteroatoms. The van der Waals surface area contributed by atoms with Gasteiger partial charge in [0.2, 0.25) is 5.91 Å². The van der Waals surface area contributed by atoms with Crippen LogP contribution in [0.2, 0.25) is 0 Å². The third-order valence-electron chi connectivity index (χ3n) is 5.37. The highest BCUT2D eigenvalue weighted by Crippen LogP contribution is 2.43. The van der Waals surface area contributed by atoms with Crippen molar-refractivity contribution in [3.05, 3.63) is 29.5 Å². The third kappa shape index (κ3) is 3.65. The van der Waals surface area contributed by atoms with E-state index in [1.54, 1.807) is 13.8 Å². The van der Waals surface area contributed by atoms with E-state index in [0.29, 0.717) is 36.0 Å². The Morgan fingerprint density at radius 1 is 1.32 bits per heavy atom. The first-order valence-corrected chi connectivity index (χ1v) is 9.49. The summed E-state index contributed by atoms with van der Waals surface area (Å²) in [5.74, 6) is 0.814. The first-order chi connectivity index (χ1) is 13.2. The quantitative estimate of drug-likeness (QED) is 0.831. The lowest BCUT2D eigenvalue weighted by Crippen LogP contribution is -2.51. The van der Waals surface area contributed by atoms with Gasteiger partial charge >= 0.3 is 6.61 Å². The molecular weight excluding hydrogens is 370 g/mol. The van der Waals surface area contributed by atoms with Crippen molar-refractivity contribution in [2.45, 2.75) is 38.9 Å². The molecule has 1 saturated carbocycles. The van der Waals surface area contributed by atoms with Crippen molar-refractivity contribution >= 4 is 11.6 Å². The van der Waals surface area contributed by atoms with Gasteiger partial charge in [0.15, 0.2) is 11.4 Å². The average Bonchev–Trinajstić information content (AvgIpc) is 3.41. The standard InChI is InChI=1S/C20H24F2N2O4/c1-20(2)18(26)17(14-9-13(27-19(21)22)5-6-15(14)28-20)24-8-7-23(11-16(24)25)10-12-3-4-12/h5-6,9,12,19,26H,3-4,7-8,10-11H2,1-2H3. The predicted octanol–water partition coefficient (Wildman–Crippen LogP) is 3.24. The Hall–Kier alpha value is -2.35. The van der Waals surface area contributed by atoms with E-state index in [1.165, 1.54) is 35.9 Å². The van der Waals surface area contributed by atoms with Crippen LogP contribution < -0.4 is 9.47 Å². The van der Waals surface area contributed by atoms with Crippen LogP contribution in [-0.4, -0.2) is 59.2 Å². The molecule has 3 aliphatic rings.